The van der Waals surface area contributed by atoms with E-state index >= 15 is 0 Å². The Morgan fingerprint density at radius 3 is 2.88 bits per heavy atom. The molecule has 1 saturated heterocycles. The third-order valence-corrected chi connectivity index (χ3v) is 3.63. The van der Waals surface area contributed by atoms with E-state index in [2.05, 4.69) is 28.5 Å². The van der Waals surface area contributed by atoms with Crippen LogP contribution in [0.25, 0.3) is 0 Å². The van der Waals surface area contributed by atoms with Crippen molar-refractivity contribution in [1.82, 2.24) is 10.2 Å². The van der Waals surface area contributed by atoms with Gasteiger partial charge in [0.15, 0.2) is 0 Å². The Balaban J connectivity index is 1.79. The van der Waals surface area contributed by atoms with E-state index in [1.807, 2.05) is 12.1 Å². The molecular weight excluding hydrogens is 234 g/mol. The van der Waals surface area contributed by atoms with Gasteiger partial charge in [-0.15, -0.1) is 0 Å². The van der Waals surface area contributed by atoms with Crippen molar-refractivity contribution in [2.75, 3.05) is 44.6 Å². The number of rotatable bonds is 4. The molecule has 0 radical (unpaired) electrons. The van der Waals surface area contributed by atoms with E-state index in [4.69, 9.17) is 11.6 Å². The molecule has 1 fully saturated rings. The van der Waals surface area contributed by atoms with Crippen LogP contribution in [0.2, 0.25) is 5.02 Å². The number of benzene rings is 1. The predicted molar refractivity (Wildman–Crippen MR) is 74.0 cm³/mol. The van der Waals surface area contributed by atoms with Crippen LogP contribution in [0, 0.1) is 6.92 Å². The molecule has 0 aliphatic carbocycles. The highest BCUT2D eigenvalue weighted by molar-refractivity contribution is 6.31. The van der Waals surface area contributed by atoms with Gasteiger partial charge in [-0.05, 0) is 24.6 Å². The zero-order valence-corrected chi connectivity index (χ0v) is 11.1. The summed E-state index contributed by atoms with van der Waals surface area (Å²) in [4.78, 5) is 2.48. The van der Waals surface area contributed by atoms with Crippen molar-refractivity contribution in [3.8, 4) is 0 Å². The van der Waals surface area contributed by atoms with Gasteiger partial charge in [-0.3, -0.25) is 4.90 Å². The number of piperazine rings is 1. The van der Waals surface area contributed by atoms with Gasteiger partial charge in [0.2, 0.25) is 0 Å². The summed E-state index contributed by atoms with van der Waals surface area (Å²) in [6.07, 6.45) is 0. The number of hydrogen-bond donors (Lipinski definition) is 2. The summed E-state index contributed by atoms with van der Waals surface area (Å²) in [7, 11) is 0. The minimum absolute atomic E-state index is 0.831. The molecule has 1 heterocycles. The van der Waals surface area contributed by atoms with Crippen molar-refractivity contribution in [3.63, 3.8) is 0 Å². The molecule has 94 valence electrons. The van der Waals surface area contributed by atoms with Crippen LogP contribution in [0.15, 0.2) is 18.2 Å². The van der Waals surface area contributed by atoms with Gasteiger partial charge < -0.3 is 10.6 Å². The second-order valence-corrected chi connectivity index (χ2v) is 4.84. The fourth-order valence-electron chi connectivity index (χ4n) is 2.08. The average molecular weight is 254 g/mol. The summed E-state index contributed by atoms with van der Waals surface area (Å²) in [6.45, 7) is 8.63. The number of nitrogens with one attached hydrogen (secondary N) is 2. The predicted octanol–water partition coefficient (Wildman–Crippen LogP) is 1.97. The molecule has 1 aromatic carbocycles. The molecule has 1 aromatic rings. The van der Waals surface area contributed by atoms with E-state index in [0.29, 0.717) is 0 Å². The molecule has 0 aromatic heterocycles. The maximum Gasteiger partial charge on any atom is 0.0455 e. The minimum atomic E-state index is 0.831. The van der Waals surface area contributed by atoms with Gasteiger partial charge >= 0.3 is 0 Å². The second-order valence-electron chi connectivity index (χ2n) is 4.43. The topological polar surface area (TPSA) is 27.3 Å². The van der Waals surface area contributed by atoms with Crippen LogP contribution in [-0.4, -0.2) is 44.2 Å². The number of hydrogen-bond acceptors (Lipinski definition) is 3. The van der Waals surface area contributed by atoms with Crippen molar-refractivity contribution in [2.24, 2.45) is 0 Å². The van der Waals surface area contributed by atoms with Gasteiger partial charge in [0.05, 0.1) is 0 Å². The van der Waals surface area contributed by atoms with E-state index in [0.717, 1.165) is 55.5 Å². The van der Waals surface area contributed by atoms with Crippen molar-refractivity contribution < 1.29 is 0 Å². The second kappa shape index (κ2) is 6.24. The Morgan fingerprint density at radius 2 is 2.12 bits per heavy atom. The van der Waals surface area contributed by atoms with Crippen molar-refractivity contribution >= 4 is 17.3 Å². The average Bonchev–Trinajstić information content (AvgIpc) is 2.36. The molecule has 2 N–H and O–H groups in total. The molecule has 1 aliphatic rings. The van der Waals surface area contributed by atoms with Crippen molar-refractivity contribution in [1.29, 1.82) is 0 Å². The Bertz CT molecular complexity index is 362. The highest BCUT2D eigenvalue weighted by atomic mass is 35.5. The molecule has 4 heteroatoms. The van der Waals surface area contributed by atoms with E-state index < -0.39 is 0 Å². The minimum Gasteiger partial charge on any atom is -0.384 e. The highest BCUT2D eigenvalue weighted by Crippen LogP contribution is 2.22. The zero-order chi connectivity index (χ0) is 12.1. The first-order valence-electron chi connectivity index (χ1n) is 6.19. The monoisotopic (exact) mass is 253 g/mol. The maximum absolute atomic E-state index is 6.08. The quantitative estimate of drug-likeness (QED) is 0.859. The highest BCUT2D eigenvalue weighted by Gasteiger charge is 2.08. The summed E-state index contributed by atoms with van der Waals surface area (Å²) in [5.74, 6) is 0. The van der Waals surface area contributed by atoms with Crippen molar-refractivity contribution in [3.05, 3.63) is 28.8 Å². The van der Waals surface area contributed by atoms with Crippen LogP contribution in [0.5, 0.6) is 0 Å². The van der Waals surface area contributed by atoms with Gasteiger partial charge in [-0.2, -0.15) is 0 Å². The molecule has 0 unspecified atom stereocenters. The van der Waals surface area contributed by atoms with Crippen LogP contribution in [0.4, 0.5) is 5.69 Å². The van der Waals surface area contributed by atoms with Crippen LogP contribution in [-0.2, 0) is 0 Å². The number of anilines is 1. The van der Waals surface area contributed by atoms with Gasteiger partial charge in [0.1, 0.15) is 0 Å². The molecule has 1 aliphatic heterocycles. The summed E-state index contributed by atoms with van der Waals surface area (Å²) in [5.41, 5.74) is 2.28. The SMILES string of the molecule is Cc1c(Cl)cccc1NCCN1CCNCC1. The van der Waals surface area contributed by atoms with Crippen LogP contribution >= 0.6 is 11.6 Å². The van der Waals surface area contributed by atoms with Crippen LogP contribution < -0.4 is 10.6 Å². The molecule has 0 amide bonds. The summed E-state index contributed by atoms with van der Waals surface area (Å²) in [5, 5.41) is 7.65. The first-order chi connectivity index (χ1) is 8.27. The summed E-state index contributed by atoms with van der Waals surface area (Å²) in [6, 6.07) is 6.00. The number of halogens is 1. The Hall–Kier alpha value is -0.770. The fraction of sp³-hybridized carbons (Fsp3) is 0.538. The molecular formula is C13H20ClN3. The zero-order valence-electron chi connectivity index (χ0n) is 10.3. The molecule has 0 atom stereocenters. The normalized spacial score (nSPS) is 17.1. The Kier molecular flexibility index (Phi) is 4.66. The lowest BCUT2D eigenvalue weighted by Crippen LogP contribution is -2.45. The molecule has 2 rings (SSSR count). The van der Waals surface area contributed by atoms with E-state index in [1.54, 1.807) is 0 Å². The first kappa shape index (κ1) is 12.7. The van der Waals surface area contributed by atoms with Gasteiger partial charge in [0.25, 0.3) is 0 Å². The molecule has 0 spiro atoms. The van der Waals surface area contributed by atoms with E-state index in [-0.39, 0.29) is 0 Å². The molecule has 0 saturated carbocycles. The number of nitrogens with zero attached hydrogens (tertiary/aromatic N) is 1. The van der Waals surface area contributed by atoms with Gasteiger partial charge in [0, 0.05) is 50.0 Å². The molecule has 3 nitrogen and oxygen atoms in total. The largest absolute Gasteiger partial charge is 0.384 e. The lowest BCUT2D eigenvalue weighted by molar-refractivity contribution is 0.249. The maximum atomic E-state index is 6.08. The third kappa shape index (κ3) is 3.60. The Labute approximate surface area is 108 Å². The molecule has 0 bridgehead atoms. The van der Waals surface area contributed by atoms with Crippen LogP contribution in [0.1, 0.15) is 5.56 Å². The Morgan fingerprint density at radius 1 is 1.35 bits per heavy atom. The lowest BCUT2D eigenvalue weighted by Gasteiger charge is -2.27. The summed E-state index contributed by atoms with van der Waals surface area (Å²) < 4.78 is 0. The van der Waals surface area contributed by atoms with Gasteiger partial charge in [-0.1, -0.05) is 17.7 Å². The van der Waals surface area contributed by atoms with E-state index in [9.17, 15) is 0 Å². The van der Waals surface area contributed by atoms with Crippen molar-refractivity contribution in [2.45, 2.75) is 6.92 Å². The van der Waals surface area contributed by atoms with Crippen LogP contribution in [0.3, 0.4) is 0 Å². The standard InChI is InChI=1S/C13H20ClN3/c1-11-12(14)3-2-4-13(11)16-7-10-17-8-5-15-6-9-17/h2-4,15-16H,5-10H2,1H3. The first-order valence-corrected chi connectivity index (χ1v) is 6.57. The summed E-state index contributed by atoms with van der Waals surface area (Å²) >= 11 is 6.08. The van der Waals surface area contributed by atoms with Gasteiger partial charge in [-0.25, -0.2) is 0 Å². The smallest absolute Gasteiger partial charge is 0.0455 e. The van der Waals surface area contributed by atoms with E-state index in [1.165, 1.54) is 0 Å². The fourth-order valence-corrected chi connectivity index (χ4v) is 2.26. The third-order valence-electron chi connectivity index (χ3n) is 3.22. The lowest BCUT2D eigenvalue weighted by atomic mass is 10.2. The molecule has 17 heavy (non-hydrogen) atoms.